The quantitative estimate of drug-likeness (QED) is 0.797. The van der Waals surface area contributed by atoms with Crippen LogP contribution >= 0.6 is 0 Å². The van der Waals surface area contributed by atoms with E-state index in [1.165, 1.54) is 0 Å². The Bertz CT molecular complexity index is 604. The van der Waals surface area contributed by atoms with Gasteiger partial charge in [0.1, 0.15) is 18.0 Å². The lowest BCUT2D eigenvalue weighted by Gasteiger charge is -2.32. The lowest BCUT2D eigenvalue weighted by atomic mass is 10.0. The van der Waals surface area contributed by atoms with Gasteiger partial charge in [-0.05, 0) is 43.7 Å². The average molecular weight is 328 g/mol. The Labute approximate surface area is 142 Å². The molecule has 2 aliphatic heterocycles. The Morgan fingerprint density at radius 3 is 3.17 bits per heavy atom. The number of rotatable bonds is 4. The predicted octanol–water partition coefficient (Wildman–Crippen LogP) is 2.58. The summed E-state index contributed by atoms with van der Waals surface area (Å²) in [5.74, 6) is 1.38. The maximum atomic E-state index is 12.8. The molecule has 1 aliphatic carbocycles. The van der Waals surface area contributed by atoms with Gasteiger partial charge in [0.05, 0.1) is 18.8 Å². The van der Waals surface area contributed by atoms with Gasteiger partial charge in [-0.3, -0.25) is 9.78 Å². The van der Waals surface area contributed by atoms with Crippen LogP contribution in [0.25, 0.3) is 0 Å². The molecule has 5 heteroatoms. The van der Waals surface area contributed by atoms with Crippen molar-refractivity contribution in [3.63, 3.8) is 0 Å². The summed E-state index contributed by atoms with van der Waals surface area (Å²) in [6, 6.07) is 3.91. The summed E-state index contributed by atoms with van der Waals surface area (Å²) in [6.45, 7) is 1.36. The van der Waals surface area contributed by atoms with E-state index in [1.54, 1.807) is 12.4 Å². The van der Waals surface area contributed by atoms with Crippen LogP contribution in [-0.2, 0) is 9.53 Å². The maximum Gasteiger partial charge on any atom is 0.223 e. The molecule has 4 atom stereocenters. The molecule has 3 aliphatic rings. The summed E-state index contributed by atoms with van der Waals surface area (Å²) < 4.78 is 12.1. The third kappa shape index (κ3) is 3.18. The third-order valence-electron chi connectivity index (χ3n) is 5.27. The van der Waals surface area contributed by atoms with Crippen molar-refractivity contribution < 1.29 is 14.3 Å². The van der Waals surface area contributed by atoms with Crippen LogP contribution in [-0.4, -0.2) is 47.2 Å². The van der Waals surface area contributed by atoms with Gasteiger partial charge in [-0.15, -0.1) is 0 Å². The molecule has 4 rings (SSSR count). The van der Waals surface area contributed by atoms with Crippen LogP contribution in [0.3, 0.4) is 0 Å². The monoisotopic (exact) mass is 328 g/mol. The van der Waals surface area contributed by atoms with Gasteiger partial charge in [0.25, 0.3) is 0 Å². The van der Waals surface area contributed by atoms with E-state index in [0.29, 0.717) is 18.9 Å². The highest BCUT2D eigenvalue weighted by Gasteiger charge is 2.47. The van der Waals surface area contributed by atoms with Crippen LogP contribution in [0.1, 0.15) is 32.1 Å². The number of pyridine rings is 1. The number of likely N-dealkylation sites (tertiary alicyclic amines) is 1. The number of hydrogen-bond acceptors (Lipinski definition) is 4. The zero-order chi connectivity index (χ0) is 16.4. The van der Waals surface area contributed by atoms with Crippen molar-refractivity contribution in [3.8, 4) is 5.75 Å². The van der Waals surface area contributed by atoms with E-state index in [-0.39, 0.29) is 24.2 Å². The number of fused-ring (bicyclic) bond motifs is 1. The maximum absolute atomic E-state index is 12.8. The topological polar surface area (TPSA) is 51.7 Å². The Balaban J connectivity index is 1.46. The molecule has 24 heavy (non-hydrogen) atoms. The molecule has 0 aromatic carbocycles. The number of aromatic nitrogens is 1. The molecule has 5 nitrogen and oxygen atoms in total. The second kappa shape index (κ2) is 6.93. The van der Waals surface area contributed by atoms with Crippen molar-refractivity contribution >= 4 is 5.91 Å². The van der Waals surface area contributed by atoms with E-state index in [0.717, 1.165) is 38.0 Å². The van der Waals surface area contributed by atoms with Crippen molar-refractivity contribution in [2.24, 2.45) is 5.92 Å². The Morgan fingerprint density at radius 2 is 2.38 bits per heavy atom. The summed E-state index contributed by atoms with van der Waals surface area (Å²) >= 11 is 0. The third-order valence-corrected chi connectivity index (χ3v) is 5.27. The molecular formula is C19H24N2O3. The second-order valence-electron chi connectivity index (χ2n) is 6.91. The minimum absolute atomic E-state index is 0.0259. The molecule has 3 heterocycles. The Kier molecular flexibility index (Phi) is 4.52. The van der Waals surface area contributed by atoms with Crippen LogP contribution in [0.2, 0.25) is 0 Å². The van der Waals surface area contributed by atoms with Gasteiger partial charge in [-0.25, -0.2) is 0 Å². The first kappa shape index (κ1) is 15.6. The van der Waals surface area contributed by atoms with Gasteiger partial charge >= 0.3 is 0 Å². The number of ether oxygens (including phenoxy) is 2. The van der Waals surface area contributed by atoms with E-state index < -0.39 is 0 Å². The van der Waals surface area contributed by atoms with E-state index in [1.807, 2.05) is 17.0 Å². The van der Waals surface area contributed by atoms with Crippen LogP contribution in [0.15, 0.2) is 36.7 Å². The molecule has 1 aromatic heterocycles. The van der Waals surface area contributed by atoms with Crippen molar-refractivity contribution in [2.45, 2.75) is 50.4 Å². The molecule has 0 bridgehead atoms. The van der Waals surface area contributed by atoms with Crippen molar-refractivity contribution in [1.29, 1.82) is 0 Å². The van der Waals surface area contributed by atoms with Gasteiger partial charge in [-0.1, -0.05) is 12.2 Å². The van der Waals surface area contributed by atoms with Gasteiger partial charge in [0.2, 0.25) is 5.91 Å². The van der Waals surface area contributed by atoms with E-state index in [2.05, 4.69) is 17.1 Å². The highest BCUT2D eigenvalue weighted by molar-refractivity contribution is 5.77. The Morgan fingerprint density at radius 1 is 1.42 bits per heavy atom. The number of hydrogen-bond donors (Lipinski definition) is 0. The normalized spacial score (nSPS) is 31.9. The lowest BCUT2D eigenvalue weighted by molar-refractivity contribution is -0.135. The first-order chi connectivity index (χ1) is 11.8. The first-order valence-electron chi connectivity index (χ1n) is 8.95. The summed E-state index contributed by atoms with van der Waals surface area (Å²) in [5.41, 5.74) is 0. The van der Waals surface area contributed by atoms with Gasteiger partial charge < -0.3 is 14.4 Å². The molecule has 1 aromatic rings. The number of carbonyl (C=O) groups is 1. The summed E-state index contributed by atoms with van der Waals surface area (Å²) in [7, 11) is 0. The minimum atomic E-state index is -0.109. The standard InChI is InChI=1S/C19H24N2O3/c22-18(11-14-5-1-2-6-14)21-13-17(19-16(21)8-4-10-23-19)24-15-7-3-9-20-12-15/h1,3,5,7,9,12,14,16-17,19H,2,4,6,8,10-11,13H2/t14-,16-,17-,19+/m1/s1. The summed E-state index contributed by atoms with van der Waals surface area (Å²) in [5, 5.41) is 0. The molecule has 2 fully saturated rings. The number of amides is 1. The smallest absolute Gasteiger partial charge is 0.223 e. The molecule has 128 valence electrons. The zero-order valence-corrected chi connectivity index (χ0v) is 13.8. The van der Waals surface area contributed by atoms with Crippen molar-refractivity contribution in [2.75, 3.05) is 13.2 Å². The minimum Gasteiger partial charge on any atom is -0.484 e. The zero-order valence-electron chi connectivity index (χ0n) is 13.8. The number of allylic oxidation sites excluding steroid dienone is 2. The SMILES string of the molecule is O=C(C[C@@H]1C=CCC1)N1C[C@@H](Oc2cccnc2)[C@H]2OCCC[C@H]21. The van der Waals surface area contributed by atoms with E-state index in [9.17, 15) is 4.79 Å². The van der Waals surface area contributed by atoms with Crippen LogP contribution in [0.4, 0.5) is 0 Å². The summed E-state index contributed by atoms with van der Waals surface area (Å²) in [6.07, 6.45) is 12.5. The number of nitrogens with zero attached hydrogens (tertiary/aromatic N) is 2. The fraction of sp³-hybridized carbons (Fsp3) is 0.579. The molecule has 1 amide bonds. The van der Waals surface area contributed by atoms with Crippen LogP contribution in [0.5, 0.6) is 5.75 Å². The highest BCUT2D eigenvalue weighted by Crippen LogP contribution is 2.33. The van der Waals surface area contributed by atoms with Gasteiger partial charge in [-0.2, -0.15) is 0 Å². The highest BCUT2D eigenvalue weighted by atomic mass is 16.5. The molecule has 0 N–H and O–H groups in total. The molecule has 0 spiro atoms. The lowest BCUT2D eigenvalue weighted by Crippen LogP contribution is -2.44. The largest absolute Gasteiger partial charge is 0.484 e. The van der Waals surface area contributed by atoms with Crippen molar-refractivity contribution in [3.05, 3.63) is 36.7 Å². The molecule has 2 saturated heterocycles. The molecule has 0 unspecified atom stereocenters. The van der Waals surface area contributed by atoms with E-state index >= 15 is 0 Å². The molecule has 0 radical (unpaired) electrons. The fourth-order valence-electron chi connectivity index (χ4n) is 4.10. The Hall–Kier alpha value is -1.88. The van der Waals surface area contributed by atoms with Gasteiger partial charge in [0.15, 0.2) is 0 Å². The fourth-order valence-corrected chi connectivity index (χ4v) is 4.10. The molecular weight excluding hydrogens is 304 g/mol. The summed E-state index contributed by atoms with van der Waals surface area (Å²) in [4.78, 5) is 18.9. The average Bonchev–Trinajstić information content (AvgIpc) is 3.24. The van der Waals surface area contributed by atoms with Gasteiger partial charge in [0, 0.05) is 19.2 Å². The number of carbonyl (C=O) groups excluding carboxylic acids is 1. The van der Waals surface area contributed by atoms with E-state index in [4.69, 9.17) is 9.47 Å². The first-order valence-corrected chi connectivity index (χ1v) is 8.95. The molecule has 0 saturated carbocycles. The van der Waals surface area contributed by atoms with Crippen LogP contribution in [0, 0.1) is 5.92 Å². The van der Waals surface area contributed by atoms with Crippen molar-refractivity contribution in [1.82, 2.24) is 9.88 Å². The second-order valence-corrected chi connectivity index (χ2v) is 6.91. The van der Waals surface area contributed by atoms with Crippen LogP contribution < -0.4 is 4.74 Å². The predicted molar refractivity (Wildman–Crippen MR) is 89.6 cm³/mol.